The summed E-state index contributed by atoms with van der Waals surface area (Å²) in [4.78, 5) is 12.5. The number of thiol groups is 1. The summed E-state index contributed by atoms with van der Waals surface area (Å²) >= 11 is 4.27. The molecule has 2 atom stereocenters. The summed E-state index contributed by atoms with van der Waals surface area (Å²) in [5, 5.41) is 12.5. The Kier molecular flexibility index (Phi) is 3.94. The predicted molar refractivity (Wildman–Crippen MR) is 84.6 cm³/mol. The Bertz CT molecular complexity index is 765. The molecule has 0 bridgehead atoms. The van der Waals surface area contributed by atoms with Gasteiger partial charge in [0.15, 0.2) is 12.4 Å². The lowest BCUT2D eigenvalue weighted by molar-refractivity contribution is -0.711. The molecule has 1 amide bonds. The van der Waals surface area contributed by atoms with Gasteiger partial charge in [-0.25, -0.2) is 0 Å². The third-order valence-electron chi connectivity index (χ3n) is 3.73. The molecule has 2 unspecified atom stereocenters. The van der Waals surface area contributed by atoms with Crippen LogP contribution >= 0.6 is 12.6 Å². The largest absolute Gasteiger partial charge is 0.314 e. The molecule has 108 valence electrons. The SMILES string of the molecule is N#CC1=C(S)NC(=O)C([n+]2ccccc2)C1c1ccccc1. The molecule has 1 N–H and O–H groups in total. The molecule has 1 aromatic heterocycles. The highest BCUT2D eigenvalue weighted by molar-refractivity contribution is 7.84. The lowest BCUT2D eigenvalue weighted by Gasteiger charge is -2.27. The van der Waals surface area contributed by atoms with Crippen molar-refractivity contribution in [1.82, 2.24) is 5.32 Å². The van der Waals surface area contributed by atoms with Crippen LogP contribution in [-0.2, 0) is 4.79 Å². The molecule has 1 aromatic carbocycles. The molecule has 0 saturated carbocycles. The molecule has 1 aliphatic rings. The number of carbonyl (C=O) groups excluding carboxylic acids is 1. The van der Waals surface area contributed by atoms with Gasteiger partial charge in [0.05, 0.1) is 22.6 Å². The molecule has 4 nitrogen and oxygen atoms in total. The van der Waals surface area contributed by atoms with Crippen molar-refractivity contribution in [2.45, 2.75) is 12.0 Å². The van der Waals surface area contributed by atoms with E-state index < -0.39 is 6.04 Å². The van der Waals surface area contributed by atoms with Crippen LogP contribution in [0.2, 0.25) is 0 Å². The van der Waals surface area contributed by atoms with Gasteiger partial charge in [0.25, 0.3) is 5.91 Å². The number of rotatable bonds is 2. The average Bonchev–Trinajstić information content (AvgIpc) is 2.56. The second-order valence-corrected chi connectivity index (χ2v) is 5.47. The number of nitrogens with one attached hydrogen (secondary N) is 1. The van der Waals surface area contributed by atoms with E-state index >= 15 is 0 Å². The Morgan fingerprint density at radius 1 is 1.09 bits per heavy atom. The Morgan fingerprint density at radius 3 is 2.36 bits per heavy atom. The monoisotopic (exact) mass is 308 g/mol. The van der Waals surface area contributed by atoms with Crippen molar-refractivity contribution in [3.63, 3.8) is 0 Å². The number of nitrogens with zero attached hydrogens (tertiary/aromatic N) is 2. The van der Waals surface area contributed by atoms with Gasteiger partial charge >= 0.3 is 0 Å². The van der Waals surface area contributed by atoms with Gasteiger partial charge in [-0.3, -0.25) is 4.79 Å². The number of hydrogen-bond donors (Lipinski definition) is 2. The van der Waals surface area contributed by atoms with Crippen molar-refractivity contribution >= 4 is 18.5 Å². The topological polar surface area (TPSA) is 56.8 Å². The first-order valence-electron chi connectivity index (χ1n) is 6.87. The third-order valence-corrected chi connectivity index (χ3v) is 4.08. The van der Waals surface area contributed by atoms with E-state index in [-0.39, 0.29) is 11.8 Å². The third kappa shape index (κ3) is 2.49. The van der Waals surface area contributed by atoms with Gasteiger partial charge in [-0.15, -0.1) is 12.6 Å². The Balaban J connectivity index is 2.19. The minimum atomic E-state index is -0.519. The summed E-state index contributed by atoms with van der Waals surface area (Å²) in [6.07, 6.45) is 3.66. The zero-order valence-corrected chi connectivity index (χ0v) is 12.6. The van der Waals surface area contributed by atoms with Crippen LogP contribution < -0.4 is 9.88 Å². The van der Waals surface area contributed by atoms with Gasteiger partial charge < -0.3 is 5.32 Å². The summed E-state index contributed by atoms with van der Waals surface area (Å²) in [6.45, 7) is 0. The number of allylic oxidation sites excluding steroid dienone is 1. The molecule has 5 heteroatoms. The van der Waals surface area contributed by atoms with Crippen molar-refractivity contribution in [2.24, 2.45) is 0 Å². The minimum Gasteiger partial charge on any atom is -0.314 e. The van der Waals surface area contributed by atoms with E-state index in [1.54, 1.807) is 0 Å². The molecule has 0 radical (unpaired) electrons. The number of hydrogen-bond acceptors (Lipinski definition) is 3. The minimum absolute atomic E-state index is 0.172. The summed E-state index contributed by atoms with van der Waals surface area (Å²) in [6, 6.07) is 16.9. The average molecular weight is 308 g/mol. The van der Waals surface area contributed by atoms with E-state index in [4.69, 9.17) is 0 Å². The Labute approximate surface area is 134 Å². The van der Waals surface area contributed by atoms with Crippen LogP contribution in [0.5, 0.6) is 0 Å². The van der Waals surface area contributed by atoms with Crippen LogP contribution in [-0.4, -0.2) is 5.91 Å². The Morgan fingerprint density at radius 2 is 1.73 bits per heavy atom. The molecule has 1 aliphatic heterocycles. The number of benzene rings is 1. The van der Waals surface area contributed by atoms with Crippen molar-refractivity contribution in [2.75, 3.05) is 0 Å². The fourth-order valence-corrected chi connectivity index (χ4v) is 3.05. The summed E-state index contributed by atoms with van der Waals surface area (Å²) in [7, 11) is 0. The van der Waals surface area contributed by atoms with Gasteiger partial charge in [-0.05, 0) is 5.56 Å². The van der Waals surface area contributed by atoms with Gasteiger partial charge in [0.1, 0.15) is 0 Å². The maximum Gasteiger partial charge on any atom is 0.294 e. The molecule has 3 rings (SSSR count). The van der Waals surface area contributed by atoms with Crippen molar-refractivity contribution in [1.29, 1.82) is 5.26 Å². The zero-order valence-electron chi connectivity index (χ0n) is 11.7. The summed E-state index contributed by atoms with van der Waals surface area (Å²) in [5.74, 6) is -0.533. The molecule has 2 heterocycles. The fraction of sp³-hybridized carbons (Fsp3) is 0.118. The number of aromatic nitrogens is 1. The first-order valence-corrected chi connectivity index (χ1v) is 7.32. The molecule has 0 spiro atoms. The molecule has 0 aliphatic carbocycles. The molecule has 2 aromatic rings. The smallest absolute Gasteiger partial charge is 0.294 e. The molecule has 0 saturated heterocycles. The van der Waals surface area contributed by atoms with E-state index in [1.807, 2.05) is 65.5 Å². The summed E-state index contributed by atoms with van der Waals surface area (Å²) in [5.41, 5.74) is 1.39. The van der Waals surface area contributed by atoms with E-state index in [9.17, 15) is 10.1 Å². The quantitative estimate of drug-likeness (QED) is 0.659. The molecular formula is C17H14N3OS+. The standard InChI is InChI=1S/C17H13N3OS/c18-11-13-14(12-7-3-1-4-8-12)15(16(21)19-17(13)22)20-9-5-2-6-10-20/h1-10,14-15H,(H-,19,21,22)/p+1. The zero-order chi connectivity index (χ0) is 15.5. The van der Waals surface area contributed by atoms with Crippen LogP contribution in [0.15, 0.2) is 71.5 Å². The second kappa shape index (κ2) is 6.04. The van der Waals surface area contributed by atoms with Crippen LogP contribution in [0.4, 0.5) is 0 Å². The lowest BCUT2D eigenvalue weighted by Crippen LogP contribution is -2.53. The maximum absolute atomic E-state index is 12.5. The number of pyridine rings is 1. The van der Waals surface area contributed by atoms with Crippen LogP contribution in [0, 0.1) is 11.3 Å². The van der Waals surface area contributed by atoms with E-state index in [0.717, 1.165) is 5.56 Å². The van der Waals surface area contributed by atoms with Crippen molar-refractivity contribution in [3.8, 4) is 6.07 Å². The van der Waals surface area contributed by atoms with Crippen LogP contribution in [0.3, 0.4) is 0 Å². The predicted octanol–water partition coefficient (Wildman–Crippen LogP) is 2.09. The highest BCUT2D eigenvalue weighted by atomic mass is 32.1. The van der Waals surface area contributed by atoms with Crippen LogP contribution in [0.1, 0.15) is 17.5 Å². The first kappa shape index (κ1) is 14.4. The molecular weight excluding hydrogens is 294 g/mol. The molecule has 22 heavy (non-hydrogen) atoms. The van der Waals surface area contributed by atoms with E-state index in [2.05, 4.69) is 24.0 Å². The van der Waals surface area contributed by atoms with Crippen molar-refractivity contribution < 1.29 is 9.36 Å². The fourth-order valence-electron chi connectivity index (χ4n) is 2.75. The number of amides is 1. The highest BCUT2D eigenvalue weighted by Crippen LogP contribution is 2.37. The Hall–Kier alpha value is -2.58. The molecule has 0 fully saturated rings. The highest BCUT2D eigenvalue weighted by Gasteiger charge is 2.44. The maximum atomic E-state index is 12.5. The van der Waals surface area contributed by atoms with E-state index in [0.29, 0.717) is 10.6 Å². The van der Waals surface area contributed by atoms with Crippen LogP contribution in [0.25, 0.3) is 0 Å². The number of carbonyl (C=O) groups is 1. The normalized spacial score (nSPS) is 21.2. The van der Waals surface area contributed by atoms with Gasteiger partial charge in [-0.1, -0.05) is 36.4 Å². The van der Waals surface area contributed by atoms with Crippen molar-refractivity contribution in [3.05, 3.63) is 77.1 Å². The second-order valence-electron chi connectivity index (χ2n) is 5.02. The first-order chi connectivity index (χ1) is 10.7. The summed E-state index contributed by atoms with van der Waals surface area (Å²) < 4.78 is 1.82. The lowest BCUT2D eigenvalue weighted by atomic mass is 9.83. The van der Waals surface area contributed by atoms with E-state index in [1.165, 1.54) is 0 Å². The number of nitriles is 1. The van der Waals surface area contributed by atoms with Gasteiger partial charge in [0.2, 0.25) is 6.04 Å². The van der Waals surface area contributed by atoms with Gasteiger partial charge in [0, 0.05) is 12.1 Å². The van der Waals surface area contributed by atoms with Gasteiger partial charge in [-0.2, -0.15) is 9.83 Å².